The lowest BCUT2D eigenvalue weighted by atomic mass is 9.53. The van der Waals surface area contributed by atoms with E-state index in [2.05, 4.69) is 43.7 Å². The minimum atomic E-state index is -0.544. The number of aromatic nitrogens is 2. The first kappa shape index (κ1) is 28.4. The summed E-state index contributed by atoms with van der Waals surface area (Å²) >= 11 is 6.18. The Morgan fingerprint density at radius 3 is 2.15 bits per heavy atom. The molecule has 0 unspecified atom stereocenters. The topological polar surface area (TPSA) is 102 Å². The molecule has 1 aliphatic rings. The van der Waals surface area contributed by atoms with Crippen molar-refractivity contribution in [2.24, 2.45) is 16.6 Å². The van der Waals surface area contributed by atoms with E-state index >= 15 is 0 Å². The van der Waals surface area contributed by atoms with Gasteiger partial charge in [0, 0.05) is 22.6 Å². The molecule has 33 heavy (non-hydrogen) atoms. The maximum absolute atomic E-state index is 10.6. The minimum Gasteiger partial charge on any atom is -0.489 e. The van der Waals surface area contributed by atoms with Gasteiger partial charge in [-0.25, -0.2) is 4.98 Å². The van der Waals surface area contributed by atoms with Crippen molar-refractivity contribution < 1.29 is 9.53 Å². The highest BCUT2D eigenvalue weighted by Crippen LogP contribution is 2.55. The van der Waals surface area contributed by atoms with Gasteiger partial charge in [0.25, 0.3) is 5.91 Å². The average molecular weight is 473 g/mol. The van der Waals surface area contributed by atoms with E-state index in [4.69, 9.17) is 27.3 Å². The minimum absolute atomic E-state index is 0.169. The summed E-state index contributed by atoms with van der Waals surface area (Å²) in [5.41, 5.74) is 7.77. The van der Waals surface area contributed by atoms with Gasteiger partial charge in [0.1, 0.15) is 23.6 Å². The van der Waals surface area contributed by atoms with Gasteiger partial charge in [-0.3, -0.25) is 9.78 Å². The summed E-state index contributed by atoms with van der Waals surface area (Å²) in [7, 11) is 0. The third-order valence-corrected chi connectivity index (χ3v) is 6.04. The largest absolute Gasteiger partial charge is 0.489 e. The molecule has 7 heteroatoms. The lowest BCUT2D eigenvalue weighted by Crippen LogP contribution is -2.58. The van der Waals surface area contributed by atoms with Gasteiger partial charge >= 0.3 is 0 Å². The second kappa shape index (κ2) is 11.5. The van der Waals surface area contributed by atoms with Gasteiger partial charge in [0.2, 0.25) is 0 Å². The predicted octanol–water partition coefficient (Wildman–Crippen LogP) is 6.45. The standard InChI is InChI=1S/C16H20ClNO.C8H11N3O.C2H6/c1-10-12(7-6-11(8-18)13(10)17)19-14-15(2,3)9-16(14,4)5;1-5(2)6-3-11-7(4-10-6)8(9)12;1-2/h6-7,14H,9H2,1-5H3;3-5H,1-2H3,(H2,9,12);1-2H3. The normalized spacial score (nSPS) is 15.7. The zero-order chi connectivity index (χ0) is 25.6. The molecule has 0 spiro atoms. The summed E-state index contributed by atoms with van der Waals surface area (Å²) in [6, 6.07) is 5.67. The van der Waals surface area contributed by atoms with Crippen LogP contribution in [0.25, 0.3) is 0 Å². The molecular formula is C26H37ClN4O2. The fourth-order valence-corrected chi connectivity index (χ4v) is 4.58. The molecule has 1 fully saturated rings. The van der Waals surface area contributed by atoms with E-state index in [9.17, 15) is 4.79 Å². The average Bonchev–Trinajstić information content (AvgIpc) is 2.75. The SMILES string of the molecule is CC.CC(C)c1cnc(C(N)=O)cn1.Cc1c(OC2C(C)(C)CC2(C)C)ccc(C#N)c1Cl. The number of carbonyl (C=O) groups is 1. The van der Waals surface area contributed by atoms with E-state index in [1.54, 1.807) is 12.3 Å². The van der Waals surface area contributed by atoms with Gasteiger partial charge in [-0.05, 0) is 31.4 Å². The van der Waals surface area contributed by atoms with Crippen molar-refractivity contribution in [1.82, 2.24) is 9.97 Å². The van der Waals surface area contributed by atoms with E-state index in [0.29, 0.717) is 16.5 Å². The molecule has 2 aromatic rings. The smallest absolute Gasteiger partial charge is 0.268 e. The molecule has 1 saturated carbocycles. The Hall–Kier alpha value is -2.65. The molecule has 6 nitrogen and oxygen atoms in total. The highest BCUT2D eigenvalue weighted by Gasteiger charge is 2.55. The molecule has 1 aliphatic carbocycles. The van der Waals surface area contributed by atoms with Crippen LogP contribution < -0.4 is 10.5 Å². The molecule has 0 aliphatic heterocycles. The fourth-order valence-electron chi connectivity index (χ4n) is 4.38. The monoisotopic (exact) mass is 472 g/mol. The number of rotatable bonds is 4. The van der Waals surface area contributed by atoms with Gasteiger partial charge in [-0.15, -0.1) is 0 Å². The van der Waals surface area contributed by atoms with Crippen LogP contribution in [0.15, 0.2) is 24.5 Å². The van der Waals surface area contributed by atoms with E-state index in [0.717, 1.165) is 23.4 Å². The van der Waals surface area contributed by atoms with Crippen LogP contribution in [-0.2, 0) is 0 Å². The molecule has 180 valence electrons. The van der Waals surface area contributed by atoms with Crippen molar-refractivity contribution in [2.75, 3.05) is 0 Å². The maximum atomic E-state index is 10.6. The van der Waals surface area contributed by atoms with Crippen LogP contribution in [0.2, 0.25) is 5.02 Å². The highest BCUT2D eigenvalue weighted by atomic mass is 35.5. The van der Waals surface area contributed by atoms with Crippen LogP contribution in [-0.4, -0.2) is 22.0 Å². The molecular weight excluding hydrogens is 436 g/mol. The van der Waals surface area contributed by atoms with Crippen LogP contribution in [0.5, 0.6) is 5.75 Å². The van der Waals surface area contributed by atoms with Crippen LogP contribution in [0, 0.1) is 29.1 Å². The Morgan fingerprint density at radius 2 is 1.76 bits per heavy atom. The van der Waals surface area contributed by atoms with Crippen molar-refractivity contribution in [1.29, 1.82) is 5.26 Å². The first-order valence-electron chi connectivity index (χ1n) is 11.3. The molecule has 0 radical (unpaired) electrons. The Labute approximate surface area is 203 Å². The van der Waals surface area contributed by atoms with Crippen LogP contribution in [0.1, 0.15) is 95.0 Å². The molecule has 0 atom stereocenters. The lowest BCUT2D eigenvalue weighted by molar-refractivity contribution is -0.134. The Morgan fingerprint density at radius 1 is 1.18 bits per heavy atom. The Kier molecular flexibility index (Phi) is 9.87. The van der Waals surface area contributed by atoms with Crippen molar-refractivity contribution in [3.63, 3.8) is 0 Å². The lowest BCUT2D eigenvalue weighted by Gasteiger charge is -2.56. The summed E-state index contributed by atoms with van der Waals surface area (Å²) in [6.07, 6.45) is 4.29. The molecule has 1 heterocycles. The van der Waals surface area contributed by atoms with E-state index < -0.39 is 5.91 Å². The van der Waals surface area contributed by atoms with Crippen LogP contribution in [0.4, 0.5) is 0 Å². The van der Waals surface area contributed by atoms with Crippen LogP contribution in [0.3, 0.4) is 0 Å². The van der Waals surface area contributed by atoms with Gasteiger partial charge in [0.05, 0.1) is 22.5 Å². The second-order valence-corrected chi connectivity index (χ2v) is 10.0. The first-order valence-corrected chi connectivity index (χ1v) is 11.7. The third-order valence-electron chi connectivity index (χ3n) is 5.55. The summed E-state index contributed by atoms with van der Waals surface area (Å²) < 4.78 is 6.20. The highest BCUT2D eigenvalue weighted by molar-refractivity contribution is 6.32. The number of halogens is 1. The van der Waals surface area contributed by atoms with E-state index in [1.165, 1.54) is 6.20 Å². The van der Waals surface area contributed by atoms with E-state index in [1.807, 2.05) is 40.7 Å². The molecule has 1 aromatic heterocycles. The summed E-state index contributed by atoms with van der Waals surface area (Å²) in [6.45, 7) is 18.8. The number of benzene rings is 1. The number of ether oxygens (including phenoxy) is 1. The number of carbonyl (C=O) groups excluding carboxylic acids is 1. The predicted molar refractivity (Wildman–Crippen MR) is 133 cm³/mol. The van der Waals surface area contributed by atoms with Gasteiger partial charge in [0.15, 0.2) is 0 Å². The van der Waals surface area contributed by atoms with E-state index in [-0.39, 0.29) is 22.6 Å². The summed E-state index contributed by atoms with van der Waals surface area (Å²) in [5.74, 6) is 0.562. The number of nitrogens with two attached hydrogens (primary N) is 1. The molecule has 1 aromatic carbocycles. The zero-order valence-corrected chi connectivity index (χ0v) is 22.0. The number of amides is 1. The number of primary amides is 1. The Balaban J connectivity index is 0.000000335. The maximum Gasteiger partial charge on any atom is 0.268 e. The van der Waals surface area contributed by atoms with Gasteiger partial charge in [-0.1, -0.05) is 67.0 Å². The summed E-state index contributed by atoms with van der Waals surface area (Å²) in [5, 5.41) is 9.46. The van der Waals surface area contributed by atoms with Crippen molar-refractivity contribution >= 4 is 17.5 Å². The van der Waals surface area contributed by atoms with Crippen molar-refractivity contribution in [2.45, 2.75) is 80.8 Å². The van der Waals surface area contributed by atoms with Gasteiger partial charge in [-0.2, -0.15) is 5.26 Å². The number of nitrogens with zero attached hydrogens (tertiary/aromatic N) is 3. The molecule has 3 rings (SSSR count). The molecule has 1 amide bonds. The summed E-state index contributed by atoms with van der Waals surface area (Å²) in [4.78, 5) is 18.5. The Bertz CT molecular complexity index is 979. The number of hydrogen-bond acceptors (Lipinski definition) is 5. The molecule has 2 N–H and O–H groups in total. The fraction of sp³-hybridized carbons (Fsp3) is 0.538. The van der Waals surface area contributed by atoms with Crippen molar-refractivity contribution in [3.8, 4) is 11.8 Å². The molecule has 0 saturated heterocycles. The quantitative estimate of drug-likeness (QED) is 0.550. The third kappa shape index (κ3) is 6.91. The first-order chi connectivity index (χ1) is 15.3. The second-order valence-electron chi connectivity index (χ2n) is 9.66. The molecule has 0 bridgehead atoms. The van der Waals surface area contributed by atoms with Crippen molar-refractivity contribution in [3.05, 3.63) is 52.1 Å². The van der Waals surface area contributed by atoms with Crippen LogP contribution >= 0.6 is 11.6 Å². The number of nitriles is 1. The van der Waals surface area contributed by atoms with Gasteiger partial charge < -0.3 is 10.5 Å². The zero-order valence-electron chi connectivity index (χ0n) is 21.3. The number of hydrogen-bond donors (Lipinski definition) is 1.